The van der Waals surface area contributed by atoms with Gasteiger partial charge in [0.2, 0.25) is 5.78 Å². The Morgan fingerprint density at radius 3 is 2.00 bits per heavy atom. The first-order chi connectivity index (χ1) is 5.81. The Labute approximate surface area is 76.4 Å². The quantitative estimate of drug-likeness (QED) is 0.484. The van der Waals surface area contributed by atoms with Gasteiger partial charge in [-0.3, -0.25) is 9.59 Å². The van der Waals surface area contributed by atoms with E-state index in [9.17, 15) is 14.4 Å². The summed E-state index contributed by atoms with van der Waals surface area (Å²) < 4.78 is 4.43. The molecule has 1 N–H and O–H groups in total. The smallest absolute Gasteiger partial charge is 0.330 e. The van der Waals surface area contributed by atoms with Crippen LogP contribution in [0.25, 0.3) is 0 Å². The number of methoxy groups -OCH3 is 1. The highest BCUT2D eigenvalue weighted by atomic mass is 16.5. The number of carbonyl (C=O) groups is 3. The minimum Gasteiger partial charge on any atom is -0.467 e. The van der Waals surface area contributed by atoms with Crippen molar-refractivity contribution in [2.75, 3.05) is 7.11 Å². The number of nitrogens with one attached hydrogen (secondary N) is 1. The van der Waals surface area contributed by atoms with Crippen LogP contribution in [-0.2, 0) is 19.1 Å². The van der Waals surface area contributed by atoms with E-state index in [0.717, 1.165) is 6.92 Å². The minimum absolute atomic E-state index is 0.595. The van der Waals surface area contributed by atoms with Gasteiger partial charge in [-0.2, -0.15) is 0 Å². The molecule has 0 saturated heterocycles. The molecule has 0 bridgehead atoms. The molecule has 0 rings (SSSR count). The van der Waals surface area contributed by atoms with E-state index in [0.29, 0.717) is 0 Å². The predicted octanol–water partition coefficient (Wildman–Crippen LogP) is -0.357. The topological polar surface area (TPSA) is 72.5 Å². The zero-order chi connectivity index (χ0) is 10.6. The number of ether oxygens (including phenoxy) is 1. The van der Waals surface area contributed by atoms with Gasteiger partial charge in [-0.05, 0) is 13.8 Å². The van der Waals surface area contributed by atoms with Crippen LogP contribution in [0.4, 0.5) is 0 Å². The Bertz CT molecular complexity index is 245. The van der Waals surface area contributed by atoms with Gasteiger partial charge in [0, 0.05) is 6.92 Å². The maximum Gasteiger partial charge on any atom is 0.330 e. The van der Waals surface area contributed by atoms with Crippen LogP contribution in [0.2, 0.25) is 0 Å². The second-order valence-electron chi connectivity index (χ2n) is 3.13. The third-order valence-electron chi connectivity index (χ3n) is 1.44. The molecule has 0 aliphatic carbocycles. The second-order valence-corrected chi connectivity index (χ2v) is 3.13. The number of hydrogen-bond acceptors (Lipinski definition) is 4. The second kappa shape index (κ2) is 4.02. The summed E-state index contributed by atoms with van der Waals surface area (Å²) in [7, 11) is 1.21. The molecule has 5 heteroatoms. The molecule has 0 spiro atoms. The highest BCUT2D eigenvalue weighted by Gasteiger charge is 2.31. The van der Waals surface area contributed by atoms with Crippen molar-refractivity contribution >= 4 is 17.7 Å². The first kappa shape index (κ1) is 11.6. The maximum absolute atomic E-state index is 11.0. The van der Waals surface area contributed by atoms with E-state index in [1.165, 1.54) is 21.0 Å². The number of carbonyl (C=O) groups excluding carboxylic acids is 3. The first-order valence-corrected chi connectivity index (χ1v) is 3.72. The minimum atomic E-state index is -1.17. The monoisotopic (exact) mass is 187 g/mol. The van der Waals surface area contributed by atoms with Crippen LogP contribution < -0.4 is 5.32 Å². The summed E-state index contributed by atoms with van der Waals surface area (Å²) in [6.07, 6.45) is 0. The summed E-state index contributed by atoms with van der Waals surface area (Å²) in [6, 6.07) is 0. The molecule has 0 unspecified atom stereocenters. The third-order valence-corrected chi connectivity index (χ3v) is 1.44. The predicted molar refractivity (Wildman–Crippen MR) is 44.9 cm³/mol. The zero-order valence-corrected chi connectivity index (χ0v) is 8.13. The van der Waals surface area contributed by atoms with E-state index in [-0.39, 0.29) is 0 Å². The number of rotatable bonds is 3. The summed E-state index contributed by atoms with van der Waals surface area (Å²) >= 11 is 0. The van der Waals surface area contributed by atoms with Crippen molar-refractivity contribution in [2.24, 2.45) is 0 Å². The van der Waals surface area contributed by atoms with Gasteiger partial charge in [0.15, 0.2) is 0 Å². The molecule has 0 heterocycles. The number of amides is 1. The Morgan fingerprint density at radius 1 is 1.23 bits per heavy atom. The largest absolute Gasteiger partial charge is 0.467 e. The Hall–Kier alpha value is -1.39. The average Bonchev–Trinajstić information content (AvgIpc) is 2.01. The molecule has 0 radical (unpaired) electrons. The average molecular weight is 187 g/mol. The molecule has 74 valence electrons. The van der Waals surface area contributed by atoms with Gasteiger partial charge in [-0.1, -0.05) is 0 Å². The Balaban J connectivity index is 4.42. The number of hydrogen-bond donors (Lipinski definition) is 1. The lowest BCUT2D eigenvalue weighted by molar-refractivity contribution is -0.150. The van der Waals surface area contributed by atoms with E-state index in [1.807, 2.05) is 0 Å². The van der Waals surface area contributed by atoms with Crippen LogP contribution in [0.3, 0.4) is 0 Å². The van der Waals surface area contributed by atoms with E-state index in [4.69, 9.17) is 0 Å². The molecule has 0 saturated carbocycles. The van der Waals surface area contributed by atoms with E-state index >= 15 is 0 Å². The third kappa shape index (κ3) is 3.23. The van der Waals surface area contributed by atoms with Crippen molar-refractivity contribution in [1.82, 2.24) is 5.32 Å². The normalized spacial score (nSPS) is 10.5. The molecule has 5 nitrogen and oxygen atoms in total. The van der Waals surface area contributed by atoms with Crippen molar-refractivity contribution in [3.63, 3.8) is 0 Å². The fourth-order valence-electron chi connectivity index (χ4n) is 0.678. The summed E-state index contributed by atoms with van der Waals surface area (Å²) in [5, 5.41) is 2.24. The van der Waals surface area contributed by atoms with Crippen molar-refractivity contribution in [1.29, 1.82) is 0 Å². The summed E-state index contributed by atoms with van der Waals surface area (Å²) in [5.74, 6) is -2.03. The number of esters is 1. The van der Waals surface area contributed by atoms with Crippen molar-refractivity contribution < 1.29 is 19.1 Å². The Kier molecular flexibility index (Phi) is 3.59. The van der Waals surface area contributed by atoms with Crippen LogP contribution in [0.15, 0.2) is 0 Å². The molecule has 0 aromatic carbocycles. The first-order valence-electron chi connectivity index (χ1n) is 3.72. The zero-order valence-electron chi connectivity index (χ0n) is 8.13. The molecule has 0 fully saturated rings. The fourth-order valence-corrected chi connectivity index (χ4v) is 0.678. The van der Waals surface area contributed by atoms with Crippen molar-refractivity contribution in [3.8, 4) is 0 Å². The number of Topliss-reactive ketones (excluding diaryl/α,β-unsaturated/α-hetero) is 1. The molecule has 0 aromatic rings. The van der Waals surface area contributed by atoms with E-state index in [2.05, 4.69) is 10.1 Å². The van der Waals surface area contributed by atoms with E-state index in [1.54, 1.807) is 0 Å². The lowest BCUT2D eigenvalue weighted by Crippen LogP contribution is -2.52. The summed E-state index contributed by atoms with van der Waals surface area (Å²) in [5.41, 5.74) is -1.17. The van der Waals surface area contributed by atoms with Gasteiger partial charge in [0.1, 0.15) is 5.54 Å². The lowest BCUT2D eigenvalue weighted by Gasteiger charge is -2.21. The van der Waals surface area contributed by atoms with Crippen LogP contribution in [0, 0.1) is 0 Å². The highest BCUT2D eigenvalue weighted by Crippen LogP contribution is 2.03. The van der Waals surface area contributed by atoms with E-state index < -0.39 is 23.2 Å². The number of ketones is 1. The Morgan fingerprint density at radius 2 is 1.69 bits per heavy atom. The molecule has 13 heavy (non-hydrogen) atoms. The molecule has 0 aliphatic heterocycles. The van der Waals surface area contributed by atoms with Crippen LogP contribution >= 0.6 is 0 Å². The maximum atomic E-state index is 11.0. The molecular weight excluding hydrogens is 174 g/mol. The molecule has 1 amide bonds. The molecule has 0 atom stereocenters. The molecule has 0 aliphatic rings. The van der Waals surface area contributed by atoms with Gasteiger partial charge in [0.05, 0.1) is 7.11 Å². The van der Waals surface area contributed by atoms with Crippen LogP contribution in [-0.4, -0.2) is 30.3 Å². The summed E-state index contributed by atoms with van der Waals surface area (Å²) in [6.45, 7) is 4.04. The van der Waals surface area contributed by atoms with Gasteiger partial charge in [-0.15, -0.1) is 0 Å². The lowest BCUT2D eigenvalue weighted by atomic mass is 10.1. The highest BCUT2D eigenvalue weighted by molar-refractivity contribution is 6.35. The summed E-state index contributed by atoms with van der Waals surface area (Å²) in [4.78, 5) is 32.5. The van der Waals surface area contributed by atoms with Gasteiger partial charge in [-0.25, -0.2) is 4.79 Å². The van der Waals surface area contributed by atoms with Gasteiger partial charge >= 0.3 is 5.97 Å². The van der Waals surface area contributed by atoms with Gasteiger partial charge < -0.3 is 10.1 Å². The fraction of sp³-hybridized carbons (Fsp3) is 0.625. The standard InChI is InChI=1S/C8H13NO4/c1-5(10)6(11)9-8(2,3)7(12)13-4/h1-4H3,(H,9,11). The van der Waals surface area contributed by atoms with Crippen LogP contribution in [0.5, 0.6) is 0 Å². The SMILES string of the molecule is COC(=O)C(C)(C)NC(=O)C(C)=O. The molecular formula is C8H13NO4. The molecule has 0 aromatic heterocycles. The van der Waals surface area contributed by atoms with Gasteiger partial charge in [0.25, 0.3) is 5.91 Å². The van der Waals surface area contributed by atoms with Crippen molar-refractivity contribution in [2.45, 2.75) is 26.3 Å². The van der Waals surface area contributed by atoms with Crippen molar-refractivity contribution in [3.05, 3.63) is 0 Å². The van der Waals surface area contributed by atoms with Crippen LogP contribution in [0.1, 0.15) is 20.8 Å².